The highest BCUT2D eigenvalue weighted by molar-refractivity contribution is 8.00. The number of nitrogens with two attached hydrogens (primary N) is 1. The fourth-order valence-electron chi connectivity index (χ4n) is 3.84. The predicted molar refractivity (Wildman–Crippen MR) is 122 cm³/mol. The summed E-state index contributed by atoms with van der Waals surface area (Å²) in [6.45, 7) is 0.412. The van der Waals surface area contributed by atoms with Crippen molar-refractivity contribution in [2.75, 3.05) is 12.3 Å². The summed E-state index contributed by atoms with van der Waals surface area (Å²) < 4.78 is 50.8. The Morgan fingerprint density at radius 3 is 2.58 bits per heavy atom. The Morgan fingerprint density at radius 1 is 1.11 bits per heavy atom. The van der Waals surface area contributed by atoms with Crippen molar-refractivity contribution in [2.24, 2.45) is 5.73 Å². The number of ether oxygens (including phenoxy) is 2. The molecule has 3 atom stereocenters. The maximum Gasteiger partial charge on any atom is 0.387 e. The second kappa shape index (κ2) is 10.7. The van der Waals surface area contributed by atoms with Gasteiger partial charge in [-0.3, -0.25) is 9.59 Å². The van der Waals surface area contributed by atoms with Gasteiger partial charge in [-0.25, -0.2) is 18.0 Å². The Bertz CT molecular complexity index is 1200. The number of fused-ring (bicyclic) bond motifs is 1. The van der Waals surface area contributed by atoms with E-state index in [9.17, 15) is 27.6 Å². The standard InChI is InChI=1S/C23H22F3N3O6S/c24-14-9-16(26)15(25)7-12(14)6-13(27)8-19(30)29-3-4-36-21(29)20(31)28-10-11-1-2-17-18(5-11)35-23(34-17)22(32)33/h1-2,5,7,9,13,21,23H,3-4,6,8,10,27H2,(H,28,31)(H,32,33)/t13-,21?,23?/m1/s1. The molecule has 2 aliphatic heterocycles. The molecular weight excluding hydrogens is 503 g/mol. The molecule has 2 aromatic rings. The Kier molecular flexibility index (Phi) is 7.59. The normalized spacial score (nSPS) is 19.3. The first-order valence-electron chi connectivity index (χ1n) is 10.9. The van der Waals surface area contributed by atoms with Crippen molar-refractivity contribution in [3.63, 3.8) is 0 Å². The van der Waals surface area contributed by atoms with Gasteiger partial charge in [-0.05, 0) is 35.7 Å². The molecule has 36 heavy (non-hydrogen) atoms. The number of carboxylic acids is 1. The average Bonchev–Trinajstić information content (AvgIpc) is 3.48. The van der Waals surface area contributed by atoms with Gasteiger partial charge in [0.1, 0.15) is 5.82 Å². The number of halogens is 3. The van der Waals surface area contributed by atoms with Crippen LogP contribution in [0.5, 0.6) is 11.5 Å². The van der Waals surface area contributed by atoms with E-state index in [1.54, 1.807) is 12.1 Å². The zero-order valence-corrected chi connectivity index (χ0v) is 19.5. The number of carbonyl (C=O) groups excluding carboxylic acids is 2. The molecule has 0 spiro atoms. The third-order valence-electron chi connectivity index (χ3n) is 5.59. The topological polar surface area (TPSA) is 131 Å². The van der Waals surface area contributed by atoms with Gasteiger partial charge in [-0.1, -0.05) is 6.07 Å². The van der Waals surface area contributed by atoms with Crippen molar-refractivity contribution in [1.29, 1.82) is 0 Å². The van der Waals surface area contributed by atoms with Crippen molar-refractivity contribution >= 4 is 29.5 Å². The lowest BCUT2D eigenvalue weighted by Crippen LogP contribution is -2.46. The van der Waals surface area contributed by atoms with Crippen LogP contribution < -0.4 is 20.5 Å². The van der Waals surface area contributed by atoms with E-state index < -0.39 is 52.9 Å². The van der Waals surface area contributed by atoms with Crippen LogP contribution in [0.4, 0.5) is 13.2 Å². The SMILES string of the molecule is N[C@@H](CC(=O)N1CCSC1C(=O)NCc1ccc2c(c1)OC(C(=O)O)O2)Cc1cc(F)c(F)cc1F. The number of carbonyl (C=O) groups is 3. The molecule has 2 heterocycles. The van der Waals surface area contributed by atoms with Gasteiger partial charge < -0.3 is 30.5 Å². The molecule has 0 aliphatic carbocycles. The number of carboxylic acid groups (broad SMARTS) is 1. The van der Waals surface area contributed by atoms with Gasteiger partial charge in [0.25, 0.3) is 5.91 Å². The number of nitrogens with zero attached hydrogens (tertiary/aromatic N) is 1. The molecule has 2 amide bonds. The molecule has 1 saturated heterocycles. The number of amides is 2. The van der Waals surface area contributed by atoms with E-state index in [0.717, 1.165) is 6.07 Å². The van der Waals surface area contributed by atoms with Gasteiger partial charge in [0.2, 0.25) is 5.91 Å². The zero-order chi connectivity index (χ0) is 26.0. The summed E-state index contributed by atoms with van der Waals surface area (Å²) in [6.07, 6.45) is -1.82. The van der Waals surface area contributed by atoms with Crippen LogP contribution in [0.1, 0.15) is 17.5 Å². The highest BCUT2D eigenvalue weighted by Gasteiger charge is 2.35. The number of hydrogen-bond donors (Lipinski definition) is 3. The minimum atomic E-state index is -1.43. The lowest BCUT2D eigenvalue weighted by molar-refractivity contribution is -0.154. The van der Waals surface area contributed by atoms with Crippen LogP contribution in [0.25, 0.3) is 0 Å². The van der Waals surface area contributed by atoms with Crippen LogP contribution in [0.3, 0.4) is 0 Å². The van der Waals surface area contributed by atoms with Crippen LogP contribution in [0, 0.1) is 17.5 Å². The molecule has 0 radical (unpaired) electrons. The minimum absolute atomic E-state index is 0.0984. The first-order valence-corrected chi connectivity index (χ1v) is 11.9. The van der Waals surface area contributed by atoms with Crippen molar-refractivity contribution in [1.82, 2.24) is 10.2 Å². The van der Waals surface area contributed by atoms with Gasteiger partial charge >= 0.3 is 12.3 Å². The molecule has 0 aromatic heterocycles. The number of aliphatic carboxylic acids is 1. The molecule has 2 aromatic carbocycles. The lowest BCUT2D eigenvalue weighted by atomic mass is 10.0. The van der Waals surface area contributed by atoms with Crippen molar-refractivity contribution < 1.29 is 42.1 Å². The number of hydrogen-bond acceptors (Lipinski definition) is 7. The fraction of sp³-hybridized carbons (Fsp3) is 0.348. The van der Waals surface area contributed by atoms with Crippen LogP contribution in [-0.4, -0.2) is 57.8 Å². The maximum atomic E-state index is 13.9. The van der Waals surface area contributed by atoms with Crippen molar-refractivity contribution in [3.8, 4) is 11.5 Å². The second-order valence-corrected chi connectivity index (χ2v) is 9.43. The van der Waals surface area contributed by atoms with Gasteiger partial charge in [0.05, 0.1) is 0 Å². The molecule has 13 heteroatoms. The Labute approximate surface area is 207 Å². The molecule has 192 valence electrons. The molecule has 2 unspecified atom stereocenters. The van der Waals surface area contributed by atoms with Crippen molar-refractivity contribution in [2.45, 2.75) is 37.1 Å². The van der Waals surface area contributed by atoms with Crippen LogP contribution >= 0.6 is 11.8 Å². The summed E-state index contributed by atoms with van der Waals surface area (Å²) in [5.41, 5.74) is 6.46. The van der Waals surface area contributed by atoms with Gasteiger partial charge in [-0.2, -0.15) is 0 Å². The monoisotopic (exact) mass is 525 g/mol. The molecule has 2 aliphatic rings. The molecule has 4 rings (SSSR count). The van der Waals surface area contributed by atoms with Gasteiger partial charge in [-0.15, -0.1) is 11.8 Å². The Balaban J connectivity index is 1.31. The van der Waals surface area contributed by atoms with E-state index >= 15 is 0 Å². The van der Waals surface area contributed by atoms with E-state index in [0.29, 0.717) is 23.9 Å². The summed E-state index contributed by atoms with van der Waals surface area (Å²) in [5, 5.41) is 10.9. The van der Waals surface area contributed by atoms with E-state index in [-0.39, 0.29) is 36.4 Å². The maximum absolute atomic E-state index is 13.9. The molecule has 0 saturated carbocycles. The zero-order valence-electron chi connectivity index (χ0n) is 18.7. The second-order valence-electron chi connectivity index (χ2n) is 8.24. The average molecular weight is 526 g/mol. The van der Waals surface area contributed by atoms with Gasteiger partial charge in [0, 0.05) is 37.4 Å². The van der Waals surface area contributed by atoms with Gasteiger partial charge in [0.15, 0.2) is 28.5 Å². The highest BCUT2D eigenvalue weighted by Crippen LogP contribution is 2.35. The number of rotatable bonds is 8. The summed E-state index contributed by atoms with van der Waals surface area (Å²) in [5.74, 6) is -4.52. The Hall–Kier alpha value is -3.45. The first kappa shape index (κ1) is 25.6. The van der Waals surface area contributed by atoms with Crippen molar-refractivity contribution in [3.05, 3.63) is 58.9 Å². The summed E-state index contributed by atoms with van der Waals surface area (Å²) in [7, 11) is 0. The molecule has 9 nitrogen and oxygen atoms in total. The lowest BCUT2D eigenvalue weighted by Gasteiger charge is -2.24. The van der Waals surface area contributed by atoms with E-state index in [2.05, 4.69) is 5.32 Å². The number of thioether (sulfide) groups is 1. The summed E-state index contributed by atoms with van der Waals surface area (Å²) in [6, 6.07) is 5.02. The summed E-state index contributed by atoms with van der Waals surface area (Å²) >= 11 is 1.27. The van der Waals surface area contributed by atoms with E-state index in [1.807, 2.05) is 0 Å². The molecule has 1 fully saturated rings. The number of benzene rings is 2. The van der Waals surface area contributed by atoms with Crippen LogP contribution in [-0.2, 0) is 27.3 Å². The highest BCUT2D eigenvalue weighted by atomic mass is 32.2. The van der Waals surface area contributed by atoms with Crippen LogP contribution in [0.2, 0.25) is 0 Å². The predicted octanol–water partition coefficient (Wildman–Crippen LogP) is 1.76. The summed E-state index contributed by atoms with van der Waals surface area (Å²) in [4.78, 5) is 38.0. The number of nitrogens with one attached hydrogen (secondary N) is 1. The third-order valence-corrected chi connectivity index (χ3v) is 6.79. The Morgan fingerprint density at radius 2 is 1.83 bits per heavy atom. The van der Waals surface area contributed by atoms with E-state index in [4.69, 9.17) is 20.3 Å². The minimum Gasteiger partial charge on any atom is -0.476 e. The molecular formula is C23H22F3N3O6S. The molecule has 0 bridgehead atoms. The van der Waals surface area contributed by atoms with E-state index in [1.165, 1.54) is 22.7 Å². The largest absolute Gasteiger partial charge is 0.476 e. The third kappa shape index (κ3) is 5.68. The molecule has 4 N–H and O–H groups in total. The quantitative estimate of drug-likeness (QED) is 0.445. The smallest absolute Gasteiger partial charge is 0.387 e. The fourth-order valence-corrected chi connectivity index (χ4v) is 5.01. The first-order chi connectivity index (χ1) is 17.1. The van der Waals surface area contributed by atoms with Crippen LogP contribution in [0.15, 0.2) is 30.3 Å².